The molecule has 3 saturated heterocycles. The smallest absolute Gasteiger partial charge is 0.410 e. The lowest BCUT2D eigenvalue weighted by molar-refractivity contribution is -0.0327. The summed E-state index contributed by atoms with van der Waals surface area (Å²) in [6.07, 6.45) is 2.29. The van der Waals surface area contributed by atoms with Gasteiger partial charge in [0.2, 0.25) is 0 Å². The largest absolute Gasteiger partial charge is 0.444 e. The van der Waals surface area contributed by atoms with Crippen LogP contribution < -0.4 is 5.32 Å². The molecule has 6 heteroatoms. The molecule has 3 aliphatic heterocycles. The van der Waals surface area contributed by atoms with Crippen molar-refractivity contribution >= 4 is 6.09 Å². The zero-order chi connectivity index (χ0) is 16.4. The molecule has 2 bridgehead atoms. The van der Waals surface area contributed by atoms with Crippen LogP contribution >= 0.6 is 0 Å². The van der Waals surface area contributed by atoms with Crippen molar-refractivity contribution in [2.45, 2.75) is 51.3 Å². The van der Waals surface area contributed by atoms with Crippen molar-refractivity contribution in [3.05, 3.63) is 0 Å². The summed E-state index contributed by atoms with van der Waals surface area (Å²) in [4.78, 5) is 16.8. The third-order valence-corrected chi connectivity index (χ3v) is 5.11. The molecular weight excluding hydrogens is 294 g/mol. The summed E-state index contributed by atoms with van der Waals surface area (Å²) >= 11 is 0. The van der Waals surface area contributed by atoms with E-state index in [1.165, 1.54) is 32.5 Å². The van der Waals surface area contributed by atoms with E-state index in [4.69, 9.17) is 9.47 Å². The van der Waals surface area contributed by atoms with Gasteiger partial charge in [-0.1, -0.05) is 0 Å². The Labute approximate surface area is 139 Å². The van der Waals surface area contributed by atoms with Gasteiger partial charge in [-0.3, -0.25) is 4.90 Å². The Morgan fingerprint density at radius 2 is 2.04 bits per heavy atom. The molecule has 0 saturated carbocycles. The number of carbonyl (C=O) groups is 1. The number of nitrogens with zero attached hydrogens (tertiary/aromatic N) is 2. The van der Waals surface area contributed by atoms with E-state index in [-0.39, 0.29) is 12.1 Å². The molecule has 6 nitrogen and oxygen atoms in total. The maximum absolute atomic E-state index is 12.4. The summed E-state index contributed by atoms with van der Waals surface area (Å²) in [5.74, 6) is 0.767. The van der Waals surface area contributed by atoms with Crippen molar-refractivity contribution in [3.8, 4) is 0 Å². The first-order valence-electron chi connectivity index (χ1n) is 8.95. The predicted octanol–water partition coefficient (Wildman–Crippen LogP) is 1.31. The zero-order valence-electron chi connectivity index (χ0n) is 14.7. The number of amides is 1. The van der Waals surface area contributed by atoms with Gasteiger partial charge in [-0.2, -0.15) is 0 Å². The third-order valence-electron chi connectivity index (χ3n) is 5.11. The first-order chi connectivity index (χ1) is 10.9. The Morgan fingerprint density at radius 3 is 2.83 bits per heavy atom. The molecule has 4 unspecified atom stereocenters. The van der Waals surface area contributed by atoms with Crippen LogP contribution in [0.2, 0.25) is 0 Å². The van der Waals surface area contributed by atoms with Crippen molar-refractivity contribution in [2.75, 3.05) is 45.9 Å². The van der Waals surface area contributed by atoms with Crippen molar-refractivity contribution in [1.29, 1.82) is 0 Å². The molecule has 4 atom stereocenters. The molecule has 0 aliphatic carbocycles. The van der Waals surface area contributed by atoms with Gasteiger partial charge >= 0.3 is 6.09 Å². The highest BCUT2D eigenvalue weighted by molar-refractivity contribution is 5.68. The maximum Gasteiger partial charge on any atom is 0.410 e. The Hall–Kier alpha value is -0.850. The minimum atomic E-state index is -0.454. The molecule has 3 aliphatic rings. The fourth-order valence-corrected chi connectivity index (χ4v) is 3.89. The van der Waals surface area contributed by atoms with Crippen LogP contribution in [-0.4, -0.2) is 79.5 Å². The summed E-state index contributed by atoms with van der Waals surface area (Å²) in [5, 5.41) is 3.71. The average molecular weight is 325 g/mol. The Morgan fingerprint density at radius 1 is 1.26 bits per heavy atom. The highest BCUT2D eigenvalue weighted by Gasteiger charge is 2.36. The van der Waals surface area contributed by atoms with Gasteiger partial charge in [0, 0.05) is 25.7 Å². The van der Waals surface area contributed by atoms with E-state index in [1.54, 1.807) is 0 Å². The zero-order valence-corrected chi connectivity index (χ0v) is 14.7. The Bertz CT molecular complexity index is 424. The van der Waals surface area contributed by atoms with E-state index in [9.17, 15) is 4.79 Å². The first kappa shape index (κ1) is 17.0. The second-order valence-corrected chi connectivity index (χ2v) is 8.06. The molecule has 3 fully saturated rings. The van der Waals surface area contributed by atoms with Gasteiger partial charge in [-0.25, -0.2) is 4.79 Å². The number of carbonyl (C=O) groups excluding carboxylic acids is 1. The normalized spacial score (nSPS) is 34.5. The van der Waals surface area contributed by atoms with E-state index in [1.807, 2.05) is 25.7 Å². The van der Waals surface area contributed by atoms with Crippen molar-refractivity contribution < 1.29 is 14.3 Å². The Kier molecular flexibility index (Phi) is 5.13. The number of rotatable bonds is 3. The summed E-state index contributed by atoms with van der Waals surface area (Å²) in [6, 6.07) is 0.647. The lowest BCUT2D eigenvalue weighted by Crippen LogP contribution is -2.56. The second-order valence-electron chi connectivity index (χ2n) is 8.06. The minimum Gasteiger partial charge on any atom is -0.444 e. The fraction of sp³-hybridized carbons (Fsp3) is 0.941. The van der Waals surface area contributed by atoms with Crippen LogP contribution in [0, 0.1) is 5.92 Å². The molecule has 3 heterocycles. The highest BCUT2D eigenvalue weighted by atomic mass is 16.6. The minimum absolute atomic E-state index is 0.0676. The summed E-state index contributed by atoms with van der Waals surface area (Å²) < 4.78 is 11.1. The number of nitrogens with one attached hydrogen (secondary N) is 1. The van der Waals surface area contributed by atoms with Gasteiger partial charge < -0.3 is 19.7 Å². The molecule has 1 amide bonds. The van der Waals surface area contributed by atoms with E-state index in [2.05, 4.69) is 10.2 Å². The van der Waals surface area contributed by atoms with E-state index in [0.717, 1.165) is 12.5 Å². The van der Waals surface area contributed by atoms with Crippen LogP contribution in [0.4, 0.5) is 4.79 Å². The third kappa shape index (κ3) is 4.37. The second kappa shape index (κ2) is 6.95. The van der Waals surface area contributed by atoms with Gasteiger partial charge in [-0.05, 0) is 52.6 Å². The summed E-state index contributed by atoms with van der Waals surface area (Å²) in [6.45, 7) is 12.0. The summed E-state index contributed by atoms with van der Waals surface area (Å²) in [5.41, 5.74) is -0.454. The molecule has 132 valence electrons. The lowest BCUT2D eigenvalue weighted by Gasteiger charge is -2.38. The van der Waals surface area contributed by atoms with Gasteiger partial charge in [-0.15, -0.1) is 0 Å². The van der Waals surface area contributed by atoms with E-state index in [0.29, 0.717) is 25.8 Å². The summed E-state index contributed by atoms with van der Waals surface area (Å²) in [7, 11) is 0. The first-order valence-corrected chi connectivity index (χ1v) is 8.95. The number of fused-ring (bicyclic) bond motifs is 2. The van der Waals surface area contributed by atoms with Crippen LogP contribution in [0.15, 0.2) is 0 Å². The molecule has 1 N–H and O–H groups in total. The van der Waals surface area contributed by atoms with Gasteiger partial charge in [0.1, 0.15) is 5.60 Å². The quantitative estimate of drug-likeness (QED) is 0.848. The van der Waals surface area contributed by atoms with E-state index >= 15 is 0 Å². The standard InChI is InChI=1S/C17H31N3O3/c1-17(2,3)23-16(21)20-8-9-22-12-14(20)10-18-15-5-7-19-6-4-13(15)11-19/h13-15,18H,4-12H2,1-3H3. The number of morpholine rings is 1. The molecule has 0 aromatic heterocycles. The van der Waals surface area contributed by atoms with Crippen LogP contribution in [0.25, 0.3) is 0 Å². The predicted molar refractivity (Wildman–Crippen MR) is 88.5 cm³/mol. The molecule has 0 radical (unpaired) electrons. The fourth-order valence-electron chi connectivity index (χ4n) is 3.89. The average Bonchev–Trinajstić information content (AvgIpc) is 2.87. The monoisotopic (exact) mass is 325 g/mol. The number of hydrogen-bond donors (Lipinski definition) is 1. The SMILES string of the molecule is CC(C)(C)OC(=O)N1CCOCC1CNC1CCN2CCC1C2. The number of ether oxygens (including phenoxy) is 2. The molecule has 0 spiro atoms. The van der Waals surface area contributed by atoms with Gasteiger partial charge in [0.25, 0.3) is 0 Å². The van der Waals surface area contributed by atoms with Crippen molar-refractivity contribution in [1.82, 2.24) is 15.1 Å². The molecule has 0 aromatic carbocycles. The van der Waals surface area contributed by atoms with E-state index < -0.39 is 5.60 Å². The Balaban J connectivity index is 1.53. The number of hydrogen-bond acceptors (Lipinski definition) is 5. The van der Waals surface area contributed by atoms with Crippen LogP contribution in [-0.2, 0) is 9.47 Å². The molecule has 3 rings (SSSR count). The van der Waals surface area contributed by atoms with Crippen molar-refractivity contribution in [3.63, 3.8) is 0 Å². The van der Waals surface area contributed by atoms with Crippen LogP contribution in [0.1, 0.15) is 33.6 Å². The van der Waals surface area contributed by atoms with Crippen LogP contribution in [0.3, 0.4) is 0 Å². The van der Waals surface area contributed by atoms with Crippen molar-refractivity contribution in [2.24, 2.45) is 5.92 Å². The molecule has 0 aromatic rings. The maximum atomic E-state index is 12.4. The van der Waals surface area contributed by atoms with Gasteiger partial charge in [0.15, 0.2) is 0 Å². The van der Waals surface area contributed by atoms with Gasteiger partial charge in [0.05, 0.1) is 19.3 Å². The lowest BCUT2D eigenvalue weighted by atomic mass is 9.94. The van der Waals surface area contributed by atoms with Crippen LogP contribution in [0.5, 0.6) is 0 Å². The molecular formula is C17H31N3O3. The highest BCUT2D eigenvalue weighted by Crippen LogP contribution is 2.27. The molecule has 23 heavy (non-hydrogen) atoms. The number of piperidine rings is 1. The topological polar surface area (TPSA) is 54.0 Å².